The summed E-state index contributed by atoms with van der Waals surface area (Å²) in [5.74, 6) is -3.66. The predicted molar refractivity (Wildman–Crippen MR) is 79.6 cm³/mol. The van der Waals surface area contributed by atoms with E-state index in [1.54, 1.807) is 20.8 Å². The van der Waals surface area contributed by atoms with Crippen LogP contribution in [0.15, 0.2) is 18.2 Å². The lowest BCUT2D eigenvalue weighted by Gasteiger charge is -2.20. The second-order valence-corrected chi connectivity index (χ2v) is 5.88. The first-order valence-electron chi connectivity index (χ1n) is 6.89. The van der Waals surface area contributed by atoms with Crippen molar-refractivity contribution in [1.82, 2.24) is 16.0 Å². The minimum Gasteiger partial charge on any atom is -0.350 e. The molecule has 0 aliphatic heterocycles. The van der Waals surface area contributed by atoms with E-state index in [0.717, 1.165) is 12.1 Å². The molecule has 0 saturated heterocycles. The van der Waals surface area contributed by atoms with Crippen LogP contribution in [-0.4, -0.2) is 36.3 Å². The molecule has 3 amide bonds. The Hall–Kier alpha value is -2.51. The van der Waals surface area contributed by atoms with E-state index < -0.39 is 35.5 Å². The maximum atomic E-state index is 13.4. The monoisotopic (exact) mass is 327 g/mol. The Balaban J connectivity index is 2.41. The summed E-state index contributed by atoms with van der Waals surface area (Å²) >= 11 is 0. The first-order valence-corrected chi connectivity index (χ1v) is 6.89. The fourth-order valence-corrected chi connectivity index (χ4v) is 1.63. The third-order valence-electron chi connectivity index (χ3n) is 2.55. The SMILES string of the molecule is CC(C)(C)NC(=O)CNC(=O)CNC(=O)c1ccc(F)cc1F. The molecule has 0 bridgehead atoms. The summed E-state index contributed by atoms with van der Waals surface area (Å²) in [7, 11) is 0. The van der Waals surface area contributed by atoms with E-state index in [0.29, 0.717) is 6.07 Å². The van der Waals surface area contributed by atoms with Gasteiger partial charge in [0.25, 0.3) is 5.91 Å². The second-order valence-electron chi connectivity index (χ2n) is 5.88. The summed E-state index contributed by atoms with van der Waals surface area (Å²) in [6.07, 6.45) is 0. The first kappa shape index (κ1) is 18.5. The van der Waals surface area contributed by atoms with Crippen molar-refractivity contribution in [1.29, 1.82) is 0 Å². The number of hydrogen-bond acceptors (Lipinski definition) is 3. The van der Waals surface area contributed by atoms with Gasteiger partial charge in [0.1, 0.15) is 11.6 Å². The van der Waals surface area contributed by atoms with Gasteiger partial charge in [0.2, 0.25) is 11.8 Å². The zero-order valence-corrected chi connectivity index (χ0v) is 13.1. The summed E-state index contributed by atoms with van der Waals surface area (Å²) in [5, 5.41) is 7.15. The molecule has 6 nitrogen and oxygen atoms in total. The van der Waals surface area contributed by atoms with E-state index in [9.17, 15) is 23.2 Å². The largest absolute Gasteiger partial charge is 0.350 e. The van der Waals surface area contributed by atoms with Gasteiger partial charge in [0.05, 0.1) is 18.7 Å². The smallest absolute Gasteiger partial charge is 0.254 e. The molecule has 0 aliphatic carbocycles. The van der Waals surface area contributed by atoms with Gasteiger partial charge in [-0.3, -0.25) is 14.4 Å². The standard InChI is InChI=1S/C15H19F2N3O3/c1-15(2,3)20-13(22)8-18-12(21)7-19-14(23)10-5-4-9(16)6-11(10)17/h4-6H,7-8H2,1-3H3,(H,18,21)(H,19,23)(H,20,22). The molecular formula is C15H19F2N3O3. The summed E-state index contributed by atoms with van der Waals surface area (Å²) in [5.41, 5.74) is -0.791. The minimum atomic E-state index is -1.02. The average molecular weight is 327 g/mol. The number of rotatable bonds is 5. The van der Waals surface area contributed by atoms with Gasteiger partial charge < -0.3 is 16.0 Å². The molecular weight excluding hydrogens is 308 g/mol. The quantitative estimate of drug-likeness (QED) is 0.745. The molecule has 1 aromatic rings. The van der Waals surface area contributed by atoms with Gasteiger partial charge in [-0.05, 0) is 32.9 Å². The molecule has 8 heteroatoms. The van der Waals surface area contributed by atoms with Crippen molar-refractivity contribution in [3.63, 3.8) is 0 Å². The van der Waals surface area contributed by atoms with E-state index in [1.807, 2.05) is 0 Å². The first-order chi connectivity index (χ1) is 10.6. The fraction of sp³-hybridized carbons (Fsp3) is 0.400. The molecule has 0 unspecified atom stereocenters. The number of hydrogen-bond donors (Lipinski definition) is 3. The normalized spacial score (nSPS) is 10.8. The maximum Gasteiger partial charge on any atom is 0.254 e. The Morgan fingerprint density at radius 2 is 1.61 bits per heavy atom. The van der Waals surface area contributed by atoms with Crippen LogP contribution in [-0.2, 0) is 9.59 Å². The van der Waals surface area contributed by atoms with E-state index >= 15 is 0 Å². The number of nitrogens with one attached hydrogen (secondary N) is 3. The van der Waals surface area contributed by atoms with Crippen LogP contribution >= 0.6 is 0 Å². The third-order valence-corrected chi connectivity index (χ3v) is 2.55. The molecule has 126 valence electrons. The Morgan fingerprint density at radius 3 is 2.17 bits per heavy atom. The van der Waals surface area contributed by atoms with Crippen LogP contribution in [0.1, 0.15) is 31.1 Å². The molecule has 0 heterocycles. The molecule has 1 rings (SSSR count). The van der Waals surface area contributed by atoms with E-state index in [-0.39, 0.29) is 18.0 Å². The van der Waals surface area contributed by atoms with Crippen molar-refractivity contribution in [3.05, 3.63) is 35.4 Å². The van der Waals surface area contributed by atoms with E-state index in [2.05, 4.69) is 16.0 Å². The minimum absolute atomic E-state index is 0.239. The maximum absolute atomic E-state index is 13.4. The van der Waals surface area contributed by atoms with Crippen LogP contribution in [0.5, 0.6) is 0 Å². The molecule has 23 heavy (non-hydrogen) atoms. The van der Waals surface area contributed by atoms with Crippen LogP contribution < -0.4 is 16.0 Å². The molecule has 0 aliphatic rings. The highest BCUT2D eigenvalue weighted by Crippen LogP contribution is 2.08. The van der Waals surface area contributed by atoms with Crippen molar-refractivity contribution in [3.8, 4) is 0 Å². The number of carbonyl (C=O) groups excluding carboxylic acids is 3. The molecule has 1 aromatic carbocycles. The lowest BCUT2D eigenvalue weighted by atomic mass is 10.1. The predicted octanol–water partition coefficient (Wildman–Crippen LogP) is 0.725. The summed E-state index contributed by atoms with van der Waals surface area (Å²) < 4.78 is 26.1. The van der Waals surface area contributed by atoms with Gasteiger partial charge in [-0.25, -0.2) is 8.78 Å². The Morgan fingerprint density at radius 1 is 1.00 bits per heavy atom. The van der Waals surface area contributed by atoms with Crippen LogP contribution in [0.3, 0.4) is 0 Å². The van der Waals surface area contributed by atoms with E-state index in [1.165, 1.54) is 0 Å². The van der Waals surface area contributed by atoms with Crippen molar-refractivity contribution >= 4 is 17.7 Å². The molecule has 0 radical (unpaired) electrons. The zero-order chi connectivity index (χ0) is 17.6. The summed E-state index contributed by atoms with van der Waals surface area (Å²) in [6, 6.07) is 2.50. The van der Waals surface area contributed by atoms with E-state index in [4.69, 9.17) is 0 Å². The number of carbonyl (C=O) groups is 3. The van der Waals surface area contributed by atoms with Gasteiger partial charge in [0.15, 0.2) is 0 Å². The van der Waals surface area contributed by atoms with Crippen LogP contribution in [0.2, 0.25) is 0 Å². The van der Waals surface area contributed by atoms with Gasteiger partial charge in [-0.2, -0.15) is 0 Å². The van der Waals surface area contributed by atoms with Crippen molar-refractivity contribution in [2.45, 2.75) is 26.3 Å². The fourth-order valence-electron chi connectivity index (χ4n) is 1.63. The molecule has 0 spiro atoms. The van der Waals surface area contributed by atoms with Gasteiger partial charge >= 0.3 is 0 Å². The lowest BCUT2D eigenvalue weighted by molar-refractivity contribution is -0.126. The second kappa shape index (κ2) is 7.66. The Bertz CT molecular complexity index is 612. The molecule has 0 atom stereocenters. The molecule has 3 N–H and O–H groups in total. The Kier molecular flexibility index (Phi) is 6.18. The topological polar surface area (TPSA) is 87.3 Å². The van der Waals surface area contributed by atoms with Gasteiger partial charge in [-0.15, -0.1) is 0 Å². The van der Waals surface area contributed by atoms with Gasteiger partial charge in [-0.1, -0.05) is 0 Å². The van der Waals surface area contributed by atoms with Crippen LogP contribution in [0.25, 0.3) is 0 Å². The third kappa shape index (κ3) is 6.86. The Labute approximate surface area is 132 Å². The molecule has 0 saturated carbocycles. The average Bonchev–Trinajstić information content (AvgIpc) is 2.40. The lowest BCUT2D eigenvalue weighted by Crippen LogP contribution is -2.47. The highest BCUT2D eigenvalue weighted by molar-refractivity contribution is 5.97. The summed E-state index contributed by atoms with van der Waals surface area (Å²) in [4.78, 5) is 34.7. The van der Waals surface area contributed by atoms with Crippen molar-refractivity contribution < 1.29 is 23.2 Å². The molecule has 0 aromatic heterocycles. The number of halogens is 2. The van der Waals surface area contributed by atoms with Gasteiger partial charge in [0, 0.05) is 11.6 Å². The number of amides is 3. The zero-order valence-electron chi connectivity index (χ0n) is 13.1. The molecule has 0 fully saturated rings. The van der Waals surface area contributed by atoms with Crippen molar-refractivity contribution in [2.24, 2.45) is 0 Å². The van der Waals surface area contributed by atoms with Crippen LogP contribution in [0.4, 0.5) is 8.78 Å². The van der Waals surface area contributed by atoms with Crippen LogP contribution in [0, 0.1) is 11.6 Å². The highest BCUT2D eigenvalue weighted by Gasteiger charge is 2.16. The number of benzene rings is 1. The summed E-state index contributed by atoms with van der Waals surface area (Å²) in [6.45, 7) is 4.72. The van der Waals surface area contributed by atoms with Crippen molar-refractivity contribution in [2.75, 3.05) is 13.1 Å². The highest BCUT2D eigenvalue weighted by atomic mass is 19.1.